The first kappa shape index (κ1) is 19.1. The summed E-state index contributed by atoms with van der Waals surface area (Å²) in [7, 11) is 0. The maximum atomic E-state index is 12.3. The molecule has 142 valence electrons. The van der Waals surface area contributed by atoms with Crippen LogP contribution in [0, 0.1) is 6.92 Å². The molecule has 6 nitrogen and oxygen atoms in total. The number of carbonyl (C=O) groups is 2. The fourth-order valence-electron chi connectivity index (χ4n) is 2.62. The number of amides is 1. The smallest absolute Gasteiger partial charge is 0.338 e. The van der Waals surface area contributed by atoms with Crippen LogP contribution in [0.1, 0.15) is 33.2 Å². The van der Waals surface area contributed by atoms with Gasteiger partial charge in [-0.1, -0.05) is 18.2 Å². The van der Waals surface area contributed by atoms with E-state index < -0.39 is 0 Å². The van der Waals surface area contributed by atoms with Gasteiger partial charge in [0.25, 0.3) is 5.91 Å². The van der Waals surface area contributed by atoms with Crippen LogP contribution < -0.4 is 10.6 Å². The minimum Gasteiger partial charge on any atom is -0.462 e. The van der Waals surface area contributed by atoms with Gasteiger partial charge in [-0.15, -0.1) is 0 Å². The number of nitrogens with one attached hydrogen (secondary N) is 2. The number of carbonyl (C=O) groups excluding carboxylic acids is 2. The molecule has 0 unspecified atom stereocenters. The molecule has 0 aliphatic carbocycles. The minimum atomic E-state index is -0.343. The molecule has 0 fully saturated rings. The highest BCUT2D eigenvalue weighted by Crippen LogP contribution is 2.18. The van der Waals surface area contributed by atoms with Crippen LogP contribution in [0.4, 0.5) is 17.2 Å². The largest absolute Gasteiger partial charge is 0.462 e. The number of anilines is 3. The Hall–Kier alpha value is -3.67. The SMILES string of the molecule is CCOC(=O)c1ccc(Nc2ccc(NC(=O)c3ccccc3C)nc2)cc1. The third-order valence-electron chi connectivity index (χ3n) is 4.08. The molecule has 28 heavy (non-hydrogen) atoms. The molecule has 3 rings (SSSR count). The van der Waals surface area contributed by atoms with Gasteiger partial charge in [0.1, 0.15) is 5.82 Å². The number of hydrogen-bond acceptors (Lipinski definition) is 5. The van der Waals surface area contributed by atoms with Crippen molar-refractivity contribution in [3.8, 4) is 0 Å². The van der Waals surface area contributed by atoms with E-state index in [4.69, 9.17) is 4.74 Å². The van der Waals surface area contributed by atoms with Crippen LogP contribution in [0.25, 0.3) is 0 Å². The number of benzene rings is 2. The number of esters is 1. The Morgan fingerprint density at radius 3 is 2.32 bits per heavy atom. The van der Waals surface area contributed by atoms with Crippen molar-refractivity contribution in [1.29, 1.82) is 0 Å². The van der Waals surface area contributed by atoms with Gasteiger partial charge in [-0.3, -0.25) is 4.79 Å². The molecule has 2 aromatic carbocycles. The molecule has 0 spiro atoms. The fourth-order valence-corrected chi connectivity index (χ4v) is 2.62. The summed E-state index contributed by atoms with van der Waals surface area (Å²) in [6.07, 6.45) is 1.63. The molecule has 6 heteroatoms. The molecule has 0 saturated heterocycles. The van der Waals surface area contributed by atoms with Crippen molar-refractivity contribution in [3.63, 3.8) is 0 Å². The van der Waals surface area contributed by atoms with Crippen LogP contribution in [0.2, 0.25) is 0 Å². The van der Waals surface area contributed by atoms with Gasteiger partial charge in [-0.05, 0) is 61.9 Å². The first-order valence-electron chi connectivity index (χ1n) is 8.94. The molecular weight excluding hydrogens is 354 g/mol. The molecule has 0 aliphatic heterocycles. The quantitative estimate of drug-likeness (QED) is 0.617. The van der Waals surface area contributed by atoms with Gasteiger partial charge in [0, 0.05) is 11.3 Å². The van der Waals surface area contributed by atoms with E-state index in [9.17, 15) is 9.59 Å². The molecule has 1 aromatic heterocycles. The molecule has 0 aliphatic rings. The van der Waals surface area contributed by atoms with Crippen molar-refractivity contribution in [2.75, 3.05) is 17.2 Å². The second-order valence-corrected chi connectivity index (χ2v) is 6.12. The minimum absolute atomic E-state index is 0.194. The summed E-state index contributed by atoms with van der Waals surface area (Å²) < 4.78 is 4.97. The van der Waals surface area contributed by atoms with Crippen LogP contribution >= 0.6 is 0 Å². The lowest BCUT2D eigenvalue weighted by Crippen LogP contribution is -2.14. The lowest BCUT2D eigenvalue weighted by atomic mass is 10.1. The Kier molecular flexibility index (Phi) is 6.01. The van der Waals surface area contributed by atoms with Crippen LogP contribution in [0.5, 0.6) is 0 Å². The van der Waals surface area contributed by atoms with Gasteiger partial charge in [0.05, 0.1) is 24.1 Å². The van der Waals surface area contributed by atoms with Gasteiger partial charge in [-0.2, -0.15) is 0 Å². The van der Waals surface area contributed by atoms with Crippen molar-refractivity contribution in [2.24, 2.45) is 0 Å². The van der Waals surface area contributed by atoms with E-state index in [1.54, 1.807) is 49.5 Å². The number of aryl methyl sites for hydroxylation is 1. The second kappa shape index (κ2) is 8.81. The number of aromatic nitrogens is 1. The summed E-state index contributed by atoms with van der Waals surface area (Å²) in [6, 6.07) is 17.9. The Morgan fingerprint density at radius 2 is 1.68 bits per heavy atom. The van der Waals surface area contributed by atoms with Crippen LogP contribution in [-0.4, -0.2) is 23.5 Å². The van der Waals surface area contributed by atoms with E-state index >= 15 is 0 Å². The number of hydrogen-bond donors (Lipinski definition) is 2. The molecule has 2 N–H and O–H groups in total. The fraction of sp³-hybridized carbons (Fsp3) is 0.136. The Bertz CT molecular complexity index is 967. The summed E-state index contributed by atoms with van der Waals surface area (Å²) in [6.45, 7) is 4.01. The lowest BCUT2D eigenvalue weighted by molar-refractivity contribution is 0.0526. The third kappa shape index (κ3) is 4.73. The van der Waals surface area contributed by atoms with Crippen molar-refractivity contribution in [2.45, 2.75) is 13.8 Å². The van der Waals surface area contributed by atoms with Gasteiger partial charge in [0.2, 0.25) is 0 Å². The standard InChI is InChI=1S/C22H21N3O3/c1-3-28-22(27)16-8-10-17(11-9-16)24-18-12-13-20(23-14-18)25-21(26)19-7-5-4-6-15(19)2/h4-14,24H,3H2,1-2H3,(H,23,25,26). The Morgan fingerprint density at radius 1 is 0.964 bits per heavy atom. The molecule has 3 aromatic rings. The van der Waals surface area contributed by atoms with E-state index in [0.29, 0.717) is 23.6 Å². The molecule has 0 saturated carbocycles. The number of rotatable bonds is 6. The summed E-state index contributed by atoms with van der Waals surface area (Å²) in [5.41, 5.74) is 3.60. The molecule has 0 radical (unpaired) electrons. The average molecular weight is 375 g/mol. The van der Waals surface area contributed by atoms with E-state index in [-0.39, 0.29) is 11.9 Å². The lowest BCUT2D eigenvalue weighted by Gasteiger charge is -2.09. The molecule has 0 bridgehead atoms. The number of ether oxygens (including phenoxy) is 1. The zero-order valence-corrected chi connectivity index (χ0v) is 15.7. The van der Waals surface area contributed by atoms with Gasteiger partial charge in [-0.25, -0.2) is 9.78 Å². The highest BCUT2D eigenvalue weighted by Gasteiger charge is 2.09. The summed E-state index contributed by atoms with van der Waals surface area (Å²) in [4.78, 5) is 28.3. The van der Waals surface area contributed by atoms with Crippen molar-refractivity contribution >= 4 is 29.1 Å². The van der Waals surface area contributed by atoms with Crippen molar-refractivity contribution in [1.82, 2.24) is 4.98 Å². The molecule has 0 atom stereocenters. The zero-order valence-electron chi connectivity index (χ0n) is 15.7. The first-order valence-corrected chi connectivity index (χ1v) is 8.94. The highest BCUT2D eigenvalue weighted by atomic mass is 16.5. The van der Waals surface area contributed by atoms with Gasteiger partial charge >= 0.3 is 5.97 Å². The second-order valence-electron chi connectivity index (χ2n) is 6.12. The van der Waals surface area contributed by atoms with E-state index in [0.717, 1.165) is 16.9 Å². The zero-order chi connectivity index (χ0) is 19.9. The molecule has 1 amide bonds. The first-order chi connectivity index (χ1) is 13.6. The van der Waals surface area contributed by atoms with E-state index in [2.05, 4.69) is 15.6 Å². The third-order valence-corrected chi connectivity index (χ3v) is 4.08. The maximum absolute atomic E-state index is 12.3. The summed E-state index contributed by atoms with van der Waals surface area (Å²) in [5.74, 6) is -0.0678. The average Bonchev–Trinajstić information content (AvgIpc) is 2.70. The molecule has 1 heterocycles. The maximum Gasteiger partial charge on any atom is 0.338 e. The Balaban J connectivity index is 1.62. The highest BCUT2D eigenvalue weighted by molar-refractivity contribution is 6.04. The van der Waals surface area contributed by atoms with Gasteiger partial charge in [0.15, 0.2) is 0 Å². The molecular formula is C22H21N3O3. The normalized spacial score (nSPS) is 10.2. The number of nitrogens with zero attached hydrogens (tertiary/aromatic N) is 1. The van der Waals surface area contributed by atoms with Crippen LogP contribution in [0.15, 0.2) is 66.9 Å². The van der Waals surface area contributed by atoms with Crippen molar-refractivity contribution < 1.29 is 14.3 Å². The van der Waals surface area contributed by atoms with Crippen molar-refractivity contribution in [3.05, 3.63) is 83.6 Å². The van der Waals surface area contributed by atoms with E-state index in [1.165, 1.54) is 0 Å². The predicted molar refractivity (Wildman–Crippen MR) is 109 cm³/mol. The summed E-state index contributed by atoms with van der Waals surface area (Å²) >= 11 is 0. The van der Waals surface area contributed by atoms with Gasteiger partial charge < -0.3 is 15.4 Å². The summed E-state index contributed by atoms with van der Waals surface area (Å²) in [5, 5.41) is 5.99. The number of pyridine rings is 1. The predicted octanol–water partition coefficient (Wildman–Crippen LogP) is 4.56. The van der Waals surface area contributed by atoms with E-state index in [1.807, 2.05) is 31.2 Å². The monoisotopic (exact) mass is 375 g/mol. The Labute approximate surface area is 163 Å². The van der Waals surface area contributed by atoms with Crippen LogP contribution in [0.3, 0.4) is 0 Å². The van der Waals surface area contributed by atoms with Crippen LogP contribution in [-0.2, 0) is 4.74 Å². The topological polar surface area (TPSA) is 80.3 Å².